The number of hydrogen-bond acceptors (Lipinski definition) is 4. The highest BCUT2D eigenvalue weighted by atomic mass is 19.1. The fourth-order valence-electron chi connectivity index (χ4n) is 3.74. The van der Waals surface area contributed by atoms with Crippen molar-refractivity contribution in [2.75, 3.05) is 19.7 Å². The van der Waals surface area contributed by atoms with Crippen molar-refractivity contribution in [2.45, 2.75) is 39.4 Å². The van der Waals surface area contributed by atoms with Crippen molar-refractivity contribution in [1.29, 1.82) is 0 Å². The summed E-state index contributed by atoms with van der Waals surface area (Å²) in [6.45, 7) is 5.25. The maximum atomic E-state index is 13.1. The number of amides is 3. The van der Waals surface area contributed by atoms with Crippen molar-refractivity contribution in [1.82, 2.24) is 15.1 Å². The largest absolute Gasteiger partial charge is 0.494 e. The number of rotatable bonds is 9. The molecule has 3 amide bonds. The van der Waals surface area contributed by atoms with Gasteiger partial charge >= 0.3 is 11.8 Å². The molecule has 0 aliphatic carbocycles. The van der Waals surface area contributed by atoms with Crippen LogP contribution in [0.2, 0.25) is 0 Å². The van der Waals surface area contributed by atoms with E-state index in [1.807, 2.05) is 31.2 Å². The van der Waals surface area contributed by atoms with Gasteiger partial charge in [-0.3, -0.25) is 14.4 Å². The van der Waals surface area contributed by atoms with Crippen LogP contribution in [0, 0.1) is 5.82 Å². The third-order valence-electron chi connectivity index (χ3n) is 5.42. The van der Waals surface area contributed by atoms with Crippen molar-refractivity contribution in [3.05, 3.63) is 65.5 Å². The summed E-state index contributed by atoms with van der Waals surface area (Å²) in [5.74, 6) is -1.33. The molecule has 7 nitrogen and oxygen atoms in total. The second-order valence-electron chi connectivity index (χ2n) is 7.53. The predicted molar refractivity (Wildman–Crippen MR) is 117 cm³/mol. The summed E-state index contributed by atoms with van der Waals surface area (Å²) < 4.78 is 18.7. The maximum absolute atomic E-state index is 13.1. The Labute approximate surface area is 187 Å². The van der Waals surface area contributed by atoms with Gasteiger partial charge in [0.1, 0.15) is 17.6 Å². The number of para-hydroxylation sites is 1. The predicted octanol–water partition coefficient (Wildman–Crippen LogP) is 2.49. The van der Waals surface area contributed by atoms with Crippen LogP contribution in [-0.4, -0.2) is 53.3 Å². The molecule has 2 aromatic carbocycles. The number of ether oxygens (including phenoxy) is 1. The van der Waals surface area contributed by atoms with Crippen LogP contribution in [0.5, 0.6) is 5.75 Å². The Morgan fingerprint density at radius 3 is 2.47 bits per heavy atom. The quantitative estimate of drug-likeness (QED) is 0.607. The van der Waals surface area contributed by atoms with E-state index >= 15 is 0 Å². The lowest BCUT2D eigenvalue weighted by Crippen LogP contribution is -2.59. The highest BCUT2D eigenvalue weighted by molar-refractivity contribution is 6.35. The maximum Gasteiger partial charge on any atom is 0.312 e. The molecule has 0 aromatic heterocycles. The average molecular weight is 442 g/mol. The molecule has 1 saturated heterocycles. The van der Waals surface area contributed by atoms with Gasteiger partial charge in [0.2, 0.25) is 5.91 Å². The van der Waals surface area contributed by atoms with Crippen molar-refractivity contribution in [3.63, 3.8) is 0 Å². The molecule has 0 spiro atoms. The minimum absolute atomic E-state index is 0.218. The number of carbonyl (C=O) groups is 3. The van der Waals surface area contributed by atoms with E-state index < -0.39 is 17.9 Å². The van der Waals surface area contributed by atoms with E-state index in [2.05, 4.69) is 5.32 Å². The second kappa shape index (κ2) is 10.7. The standard InChI is InChI=1S/C24H28FN3O4/c1-3-20(22(29)26-15-18-7-5-6-8-21(18)32-4-2)28-14-13-27(23(30)24(28)31)16-17-9-11-19(25)12-10-17/h5-12,20H,3-4,13-16H2,1-2H3,(H,26,29). The first-order valence-corrected chi connectivity index (χ1v) is 10.8. The smallest absolute Gasteiger partial charge is 0.312 e. The highest BCUT2D eigenvalue weighted by Crippen LogP contribution is 2.19. The minimum atomic E-state index is -0.737. The number of halogens is 1. The van der Waals surface area contributed by atoms with Crippen LogP contribution >= 0.6 is 0 Å². The van der Waals surface area contributed by atoms with Crippen LogP contribution in [0.15, 0.2) is 48.5 Å². The first kappa shape index (κ1) is 23.2. The lowest BCUT2D eigenvalue weighted by atomic mass is 10.1. The lowest BCUT2D eigenvalue weighted by Gasteiger charge is -2.37. The molecule has 1 N–H and O–H groups in total. The van der Waals surface area contributed by atoms with E-state index in [-0.39, 0.29) is 31.4 Å². The van der Waals surface area contributed by atoms with Gasteiger partial charge in [-0.15, -0.1) is 0 Å². The number of nitrogens with one attached hydrogen (secondary N) is 1. The summed E-state index contributed by atoms with van der Waals surface area (Å²) in [6.07, 6.45) is 0.385. The summed E-state index contributed by atoms with van der Waals surface area (Å²) in [4.78, 5) is 41.1. The average Bonchev–Trinajstić information content (AvgIpc) is 2.80. The molecule has 0 saturated carbocycles. The Morgan fingerprint density at radius 1 is 1.06 bits per heavy atom. The van der Waals surface area contributed by atoms with E-state index in [4.69, 9.17) is 4.74 Å². The summed E-state index contributed by atoms with van der Waals surface area (Å²) in [6, 6.07) is 12.5. The van der Waals surface area contributed by atoms with Crippen molar-refractivity contribution in [3.8, 4) is 5.75 Å². The Hall–Kier alpha value is -3.42. The zero-order valence-electron chi connectivity index (χ0n) is 18.3. The molecule has 1 atom stereocenters. The molecule has 8 heteroatoms. The normalized spacial score (nSPS) is 15.0. The topological polar surface area (TPSA) is 79.0 Å². The molecule has 2 aromatic rings. The number of nitrogens with zero attached hydrogens (tertiary/aromatic N) is 2. The molecule has 1 aliphatic heterocycles. The number of carbonyl (C=O) groups excluding carboxylic acids is 3. The van der Waals surface area contributed by atoms with Crippen molar-refractivity contribution < 1.29 is 23.5 Å². The van der Waals surface area contributed by atoms with Gasteiger partial charge < -0.3 is 19.9 Å². The molecule has 1 unspecified atom stereocenters. The highest BCUT2D eigenvalue weighted by Gasteiger charge is 2.38. The minimum Gasteiger partial charge on any atom is -0.494 e. The van der Waals surface area contributed by atoms with Crippen LogP contribution in [0.4, 0.5) is 4.39 Å². The SMILES string of the molecule is CCOc1ccccc1CNC(=O)C(CC)N1CCN(Cc2ccc(F)cc2)C(=O)C1=O. The van der Waals surface area contributed by atoms with Gasteiger partial charge in [0, 0.05) is 31.7 Å². The van der Waals surface area contributed by atoms with Gasteiger partial charge in [0.15, 0.2) is 0 Å². The monoisotopic (exact) mass is 441 g/mol. The van der Waals surface area contributed by atoms with Gasteiger partial charge in [-0.1, -0.05) is 37.3 Å². The number of piperazine rings is 1. The molecule has 0 radical (unpaired) electrons. The summed E-state index contributed by atoms with van der Waals surface area (Å²) >= 11 is 0. The molecule has 3 rings (SSSR count). The summed E-state index contributed by atoms with van der Waals surface area (Å²) in [7, 11) is 0. The van der Waals surface area contributed by atoms with Crippen LogP contribution in [0.25, 0.3) is 0 Å². The van der Waals surface area contributed by atoms with Gasteiger partial charge in [-0.05, 0) is 37.1 Å². The summed E-state index contributed by atoms with van der Waals surface area (Å²) in [5, 5.41) is 2.86. The molecular weight excluding hydrogens is 413 g/mol. The molecule has 0 bridgehead atoms. The third kappa shape index (κ3) is 5.43. The summed E-state index contributed by atoms with van der Waals surface area (Å²) in [5.41, 5.74) is 1.57. The van der Waals surface area contributed by atoms with Crippen molar-refractivity contribution >= 4 is 17.7 Å². The van der Waals surface area contributed by atoms with Crippen LogP contribution < -0.4 is 10.1 Å². The Bertz CT molecular complexity index is 964. The van der Waals surface area contributed by atoms with Gasteiger partial charge in [-0.2, -0.15) is 0 Å². The van der Waals surface area contributed by atoms with E-state index in [0.29, 0.717) is 25.3 Å². The molecule has 1 heterocycles. The van der Waals surface area contributed by atoms with Gasteiger partial charge in [0.05, 0.1) is 6.61 Å². The first-order valence-electron chi connectivity index (χ1n) is 10.8. The van der Waals surface area contributed by atoms with Gasteiger partial charge in [0.25, 0.3) is 0 Å². The molecular formula is C24H28FN3O4. The Balaban J connectivity index is 1.62. The number of hydrogen-bond donors (Lipinski definition) is 1. The fraction of sp³-hybridized carbons (Fsp3) is 0.375. The van der Waals surface area contributed by atoms with Crippen molar-refractivity contribution in [2.24, 2.45) is 0 Å². The molecule has 1 aliphatic rings. The van der Waals surface area contributed by atoms with E-state index in [1.165, 1.54) is 21.9 Å². The van der Waals surface area contributed by atoms with E-state index in [9.17, 15) is 18.8 Å². The third-order valence-corrected chi connectivity index (χ3v) is 5.42. The van der Waals surface area contributed by atoms with Crippen LogP contribution in [0.1, 0.15) is 31.4 Å². The van der Waals surface area contributed by atoms with E-state index in [1.54, 1.807) is 19.1 Å². The fourth-order valence-corrected chi connectivity index (χ4v) is 3.74. The molecule has 32 heavy (non-hydrogen) atoms. The second-order valence-corrected chi connectivity index (χ2v) is 7.53. The molecule has 170 valence electrons. The zero-order chi connectivity index (χ0) is 23.1. The van der Waals surface area contributed by atoms with Crippen LogP contribution in [-0.2, 0) is 27.5 Å². The first-order chi connectivity index (χ1) is 15.4. The van der Waals surface area contributed by atoms with Crippen LogP contribution in [0.3, 0.4) is 0 Å². The zero-order valence-corrected chi connectivity index (χ0v) is 18.3. The van der Waals surface area contributed by atoms with Gasteiger partial charge in [-0.25, -0.2) is 4.39 Å². The molecule has 1 fully saturated rings. The Kier molecular flexibility index (Phi) is 7.81. The van der Waals surface area contributed by atoms with E-state index in [0.717, 1.165) is 11.1 Å². The Morgan fingerprint density at radius 2 is 1.78 bits per heavy atom. The number of benzene rings is 2. The lowest BCUT2D eigenvalue weighted by molar-refractivity contribution is -0.159.